The van der Waals surface area contributed by atoms with Crippen molar-refractivity contribution in [3.8, 4) is 0 Å². The lowest BCUT2D eigenvalue weighted by atomic mass is 10.4. The van der Waals surface area contributed by atoms with Crippen molar-refractivity contribution in [1.29, 1.82) is 0 Å². The summed E-state index contributed by atoms with van der Waals surface area (Å²) in [6.07, 6.45) is 5.19. The standard InChI is InChI=1S/C7H17N.C4H10/c1-4-6-8(3)7-5-2;1-3-4-2/h4-7H2,1-3H3;3-4H2,1-2H3. The molecule has 0 aromatic carbocycles. The number of nitrogens with zero attached hydrogens (tertiary/aromatic N) is 1. The summed E-state index contributed by atoms with van der Waals surface area (Å²) < 4.78 is 0. The predicted molar refractivity (Wildman–Crippen MR) is 58.7 cm³/mol. The van der Waals surface area contributed by atoms with Crippen LogP contribution in [0.1, 0.15) is 53.4 Å². The van der Waals surface area contributed by atoms with Gasteiger partial charge in [-0.05, 0) is 33.0 Å². The molecule has 12 heavy (non-hydrogen) atoms. The summed E-state index contributed by atoms with van der Waals surface area (Å²) in [5.41, 5.74) is 0. The molecule has 0 radical (unpaired) electrons. The van der Waals surface area contributed by atoms with Crippen LogP contribution >= 0.6 is 0 Å². The fourth-order valence-corrected chi connectivity index (χ4v) is 0.875. The predicted octanol–water partition coefficient (Wildman–Crippen LogP) is 3.54. The van der Waals surface area contributed by atoms with E-state index in [4.69, 9.17) is 0 Å². The summed E-state index contributed by atoms with van der Waals surface area (Å²) in [6, 6.07) is 0. The van der Waals surface area contributed by atoms with Gasteiger partial charge in [0.1, 0.15) is 0 Å². The first-order valence-electron chi connectivity index (χ1n) is 5.41. The van der Waals surface area contributed by atoms with Crippen LogP contribution in [-0.2, 0) is 0 Å². The second-order valence-electron chi connectivity index (χ2n) is 3.30. The maximum absolute atomic E-state index is 2.36. The SMILES string of the molecule is CCCC.CCCN(C)CCC. The third kappa shape index (κ3) is 16.5. The van der Waals surface area contributed by atoms with Crippen LogP contribution in [0.3, 0.4) is 0 Å². The number of hydrogen-bond acceptors (Lipinski definition) is 1. The lowest BCUT2D eigenvalue weighted by molar-refractivity contribution is 0.335. The van der Waals surface area contributed by atoms with E-state index in [9.17, 15) is 0 Å². The molecule has 0 amide bonds. The molecule has 0 spiro atoms. The molecule has 0 saturated carbocycles. The molecule has 0 bridgehead atoms. The topological polar surface area (TPSA) is 3.24 Å². The second-order valence-corrected chi connectivity index (χ2v) is 3.30. The summed E-state index contributed by atoms with van der Waals surface area (Å²) in [4.78, 5) is 2.36. The van der Waals surface area contributed by atoms with Gasteiger partial charge >= 0.3 is 0 Å². The van der Waals surface area contributed by atoms with Crippen molar-refractivity contribution in [1.82, 2.24) is 4.90 Å². The average molecular weight is 173 g/mol. The average Bonchev–Trinajstić information content (AvgIpc) is 2.06. The van der Waals surface area contributed by atoms with Crippen LogP contribution < -0.4 is 0 Å². The largest absolute Gasteiger partial charge is 0.306 e. The summed E-state index contributed by atoms with van der Waals surface area (Å²) >= 11 is 0. The van der Waals surface area contributed by atoms with E-state index in [0.717, 1.165) is 0 Å². The van der Waals surface area contributed by atoms with Gasteiger partial charge in [0.25, 0.3) is 0 Å². The van der Waals surface area contributed by atoms with Gasteiger partial charge in [-0.2, -0.15) is 0 Å². The van der Waals surface area contributed by atoms with Gasteiger partial charge in [-0.3, -0.25) is 0 Å². The Labute approximate surface area is 79.2 Å². The first-order chi connectivity index (χ1) is 5.72. The van der Waals surface area contributed by atoms with E-state index in [1.54, 1.807) is 0 Å². The summed E-state index contributed by atoms with van der Waals surface area (Å²) in [7, 11) is 2.17. The van der Waals surface area contributed by atoms with Gasteiger partial charge in [-0.1, -0.05) is 40.5 Å². The summed E-state index contributed by atoms with van der Waals surface area (Å²) in [5.74, 6) is 0. The van der Waals surface area contributed by atoms with Crippen molar-refractivity contribution in [3.63, 3.8) is 0 Å². The molecule has 0 rings (SSSR count). The van der Waals surface area contributed by atoms with Crippen molar-refractivity contribution in [2.24, 2.45) is 0 Å². The van der Waals surface area contributed by atoms with E-state index in [1.165, 1.54) is 38.8 Å². The van der Waals surface area contributed by atoms with Gasteiger partial charge in [0.2, 0.25) is 0 Å². The van der Waals surface area contributed by atoms with Crippen LogP contribution in [0.25, 0.3) is 0 Å². The maximum atomic E-state index is 2.36. The van der Waals surface area contributed by atoms with Gasteiger partial charge in [-0.25, -0.2) is 0 Å². The van der Waals surface area contributed by atoms with Gasteiger partial charge in [0.05, 0.1) is 0 Å². The Hall–Kier alpha value is -0.0400. The minimum Gasteiger partial charge on any atom is -0.306 e. The third-order valence-electron chi connectivity index (χ3n) is 1.71. The lowest BCUT2D eigenvalue weighted by Gasteiger charge is -2.12. The van der Waals surface area contributed by atoms with Crippen LogP contribution in [0.5, 0.6) is 0 Å². The molecule has 0 aliphatic carbocycles. The van der Waals surface area contributed by atoms with Gasteiger partial charge in [-0.15, -0.1) is 0 Å². The highest BCUT2D eigenvalue weighted by atomic mass is 15.1. The maximum Gasteiger partial charge on any atom is -0.00244 e. The Bertz CT molecular complexity index is 54.0. The molecular weight excluding hydrogens is 146 g/mol. The van der Waals surface area contributed by atoms with E-state index in [0.29, 0.717) is 0 Å². The Morgan fingerprint density at radius 3 is 1.17 bits per heavy atom. The Balaban J connectivity index is 0. The second kappa shape index (κ2) is 13.5. The fourth-order valence-electron chi connectivity index (χ4n) is 0.875. The van der Waals surface area contributed by atoms with E-state index >= 15 is 0 Å². The normalized spacial score (nSPS) is 9.50. The molecular formula is C11H27N. The van der Waals surface area contributed by atoms with Crippen molar-refractivity contribution in [3.05, 3.63) is 0 Å². The first-order valence-corrected chi connectivity index (χ1v) is 5.41. The highest BCUT2D eigenvalue weighted by molar-refractivity contribution is 4.45. The molecule has 76 valence electrons. The molecule has 0 atom stereocenters. The molecule has 1 nitrogen and oxygen atoms in total. The van der Waals surface area contributed by atoms with Gasteiger partial charge in [0, 0.05) is 0 Å². The Kier molecular flexibility index (Phi) is 16.3. The number of rotatable bonds is 5. The first kappa shape index (κ1) is 14.5. The number of unbranched alkanes of at least 4 members (excludes halogenated alkanes) is 1. The fraction of sp³-hybridized carbons (Fsp3) is 1.00. The van der Waals surface area contributed by atoms with Gasteiger partial charge in [0.15, 0.2) is 0 Å². The molecule has 0 saturated heterocycles. The van der Waals surface area contributed by atoms with Crippen molar-refractivity contribution in [2.75, 3.05) is 20.1 Å². The highest BCUT2D eigenvalue weighted by Gasteiger charge is 1.90. The van der Waals surface area contributed by atoms with Crippen LogP contribution in [0.15, 0.2) is 0 Å². The molecule has 0 fully saturated rings. The molecule has 0 aliphatic rings. The van der Waals surface area contributed by atoms with E-state index in [-0.39, 0.29) is 0 Å². The van der Waals surface area contributed by atoms with E-state index in [1.807, 2.05) is 0 Å². The van der Waals surface area contributed by atoms with Crippen LogP contribution in [0.4, 0.5) is 0 Å². The van der Waals surface area contributed by atoms with E-state index < -0.39 is 0 Å². The minimum absolute atomic E-state index is 1.24. The quantitative estimate of drug-likeness (QED) is 0.614. The Morgan fingerprint density at radius 1 is 0.667 bits per heavy atom. The van der Waals surface area contributed by atoms with Crippen molar-refractivity contribution in [2.45, 2.75) is 53.4 Å². The summed E-state index contributed by atoms with van der Waals surface area (Å²) in [5, 5.41) is 0. The zero-order chi connectivity index (χ0) is 9.82. The zero-order valence-electron chi connectivity index (χ0n) is 9.69. The van der Waals surface area contributed by atoms with Crippen molar-refractivity contribution < 1.29 is 0 Å². The summed E-state index contributed by atoms with van der Waals surface area (Å²) in [6.45, 7) is 11.3. The molecule has 1 heteroatoms. The highest BCUT2D eigenvalue weighted by Crippen LogP contribution is 1.86. The smallest absolute Gasteiger partial charge is 0.00244 e. The minimum atomic E-state index is 1.24. The molecule has 0 aliphatic heterocycles. The van der Waals surface area contributed by atoms with Crippen molar-refractivity contribution >= 4 is 0 Å². The molecule has 0 heterocycles. The zero-order valence-corrected chi connectivity index (χ0v) is 9.69. The molecule has 0 unspecified atom stereocenters. The molecule has 0 N–H and O–H groups in total. The van der Waals surface area contributed by atoms with Crippen LogP contribution in [-0.4, -0.2) is 25.0 Å². The third-order valence-corrected chi connectivity index (χ3v) is 1.71. The lowest BCUT2D eigenvalue weighted by Crippen LogP contribution is -2.19. The molecule has 0 aromatic rings. The van der Waals surface area contributed by atoms with E-state index in [2.05, 4.69) is 39.6 Å². The van der Waals surface area contributed by atoms with Crippen LogP contribution in [0.2, 0.25) is 0 Å². The monoisotopic (exact) mass is 173 g/mol. The molecule has 0 aromatic heterocycles. The van der Waals surface area contributed by atoms with Gasteiger partial charge < -0.3 is 4.90 Å². The number of hydrogen-bond donors (Lipinski definition) is 0. The Morgan fingerprint density at radius 2 is 1.00 bits per heavy atom. The van der Waals surface area contributed by atoms with Crippen LogP contribution in [0, 0.1) is 0 Å².